The summed E-state index contributed by atoms with van der Waals surface area (Å²) in [4.78, 5) is 26.6. The molecule has 0 saturated heterocycles. The van der Waals surface area contributed by atoms with Crippen LogP contribution in [-0.4, -0.2) is 21.8 Å². The maximum Gasteiger partial charge on any atom is 0.347 e. The Kier molecular flexibility index (Phi) is 3.62. The molecule has 5 nitrogen and oxygen atoms in total. The van der Waals surface area contributed by atoms with Crippen molar-refractivity contribution in [1.82, 2.24) is 4.98 Å². The molecule has 0 spiro atoms. The Hall–Kier alpha value is -2.21. The first-order valence-corrected chi connectivity index (χ1v) is 6.38. The highest BCUT2D eigenvalue weighted by molar-refractivity contribution is 7.17. The minimum atomic E-state index is -0.986. The summed E-state index contributed by atoms with van der Waals surface area (Å²) < 4.78 is 0. The molecule has 0 amide bonds. The number of nitrogens with zero attached hydrogens (tertiary/aromatic N) is 1. The molecule has 0 bridgehead atoms. The fourth-order valence-corrected chi connectivity index (χ4v) is 2.41. The van der Waals surface area contributed by atoms with Crippen molar-refractivity contribution >= 4 is 33.9 Å². The lowest BCUT2D eigenvalue weighted by atomic mass is 10.1. The monoisotopic (exact) mass is 276 g/mol. The highest BCUT2D eigenvalue weighted by atomic mass is 32.1. The van der Waals surface area contributed by atoms with Gasteiger partial charge in [-0.1, -0.05) is 23.5 Å². The number of carbonyl (C=O) groups is 2. The second-order valence-corrected chi connectivity index (χ2v) is 5.00. The Labute approximate surface area is 113 Å². The number of aryl methyl sites for hydroxylation is 1. The van der Waals surface area contributed by atoms with Gasteiger partial charge in [0.05, 0.1) is 5.69 Å². The number of hydrogen-bond acceptors (Lipinski definition) is 5. The molecule has 1 aromatic carbocycles. The lowest BCUT2D eigenvalue weighted by Gasteiger charge is -2.03. The number of carboxylic acids is 1. The Balaban J connectivity index is 2.26. The molecule has 0 radical (unpaired) electrons. The van der Waals surface area contributed by atoms with Crippen LogP contribution >= 0.6 is 11.3 Å². The number of thiazole rings is 1. The summed E-state index contributed by atoms with van der Waals surface area (Å²) in [6, 6.07) is 6.99. The highest BCUT2D eigenvalue weighted by Gasteiger charge is 2.14. The van der Waals surface area contributed by atoms with Gasteiger partial charge in [-0.3, -0.25) is 4.79 Å². The van der Waals surface area contributed by atoms with E-state index in [-0.39, 0.29) is 10.7 Å². The summed E-state index contributed by atoms with van der Waals surface area (Å²) in [5, 5.41) is 12.5. The molecular formula is C13H12N2O3S. The van der Waals surface area contributed by atoms with Gasteiger partial charge in [-0.05, 0) is 26.0 Å². The molecule has 98 valence electrons. The zero-order chi connectivity index (χ0) is 14.0. The fraction of sp³-hybridized carbons (Fsp3) is 0.154. The third-order valence-corrected chi connectivity index (χ3v) is 3.57. The van der Waals surface area contributed by atoms with Gasteiger partial charge in [0, 0.05) is 11.3 Å². The van der Waals surface area contributed by atoms with E-state index in [1.165, 1.54) is 6.92 Å². The van der Waals surface area contributed by atoms with Crippen LogP contribution in [0.25, 0.3) is 0 Å². The van der Waals surface area contributed by atoms with Crippen LogP contribution in [0.4, 0.5) is 10.8 Å². The summed E-state index contributed by atoms with van der Waals surface area (Å²) in [7, 11) is 0. The molecule has 2 rings (SSSR count). The molecule has 0 aliphatic rings. The maximum absolute atomic E-state index is 11.3. The van der Waals surface area contributed by atoms with Gasteiger partial charge in [0.15, 0.2) is 10.9 Å². The third kappa shape index (κ3) is 2.97. The van der Waals surface area contributed by atoms with E-state index in [4.69, 9.17) is 5.11 Å². The van der Waals surface area contributed by atoms with Crippen LogP contribution in [0.2, 0.25) is 0 Å². The number of benzene rings is 1. The number of carboxylic acid groups (broad SMARTS) is 1. The normalized spacial score (nSPS) is 10.2. The Morgan fingerprint density at radius 3 is 2.68 bits per heavy atom. The first-order chi connectivity index (χ1) is 8.97. The minimum absolute atomic E-state index is 0.0230. The van der Waals surface area contributed by atoms with Gasteiger partial charge in [0.25, 0.3) is 0 Å². The van der Waals surface area contributed by atoms with Crippen molar-refractivity contribution in [2.24, 2.45) is 0 Å². The number of Topliss-reactive ketones (excluding diaryl/α,β-unsaturated/α-hetero) is 1. The Bertz CT molecular complexity index is 649. The molecule has 1 aromatic heterocycles. The second kappa shape index (κ2) is 5.19. The number of aromatic carboxylic acids is 1. The summed E-state index contributed by atoms with van der Waals surface area (Å²) in [6.45, 7) is 3.15. The Morgan fingerprint density at radius 1 is 1.37 bits per heavy atom. The van der Waals surface area contributed by atoms with E-state index in [1.807, 2.05) is 0 Å². The average molecular weight is 276 g/mol. The predicted octanol–water partition coefficient (Wildman–Crippen LogP) is 3.10. The molecule has 0 fully saturated rings. The van der Waals surface area contributed by atoms with Gasteiger partial charge in [-0.25, -0.2) is 9.78 Å². The van der Waals surface area contributed by atoms with E-state index < -0.39 is 5.97 Å². The van der Waals surface area contributed by atoms with Crippen LogP contribution < -0.4 is 5.32 Å². The fourth-order valence-electron chi connectivity index (χ4n) is 1.59. The minimum Gasteiger partial charge on any atom is -0.477 e. The van der Waals surface area contributed by atoms with Crippen LogP contribution in [0.1, 0.15) is 32.6 Å². The van der Waals surface area contributed by atoms with Crippen molar-refractivity contribution in [2.45, 2.75) is 13.8 Å². The molecule has 0 unspecified atom stereocenters. The summed E-state index contributed by atoms with van der Waals surface area (Å²) in [6.07, 6.45) is 0. The van der Waals surface area contributed by atoms with Crippen LogP contribution in [-0.2, 0) is 0 Å². The standard InChI is InChI=1S/C13H12N2O3S/c1-7-11(12(17)18)19-13(14-7)15-10-5-3-4-9(6-10)8(2)16/h3-6H,1-2H3,(H,14,15)(H,17,18). The van der Waals surface area contributed by atoms with Crippen LogP contribution in [0.15, 0.2) is 24.3 Å². The maximum atomic E-state index is 11.3. The molecule has 0 saturated carbocycles. The third-order valence-electron chi connectivity index (χ3n) is 2.51. The van der Waals surface area contributed by atoms with Crippen molar-refractivity contribution in [3.8, 4) is 0 Å². The average Bonchev–Trinajstić information content (AvgIpc) is 2.70. The van der Waals surface area contributed by atoms with Crippen molar-refractivity contribution in [1.29, 1.82) is 0 Å². The van der Waals surface area contributed by atoms with Gasteiger partial charge >= 0.3 is 5.97 Å². The first-order valence-electron chi connectivity index (χ1n) is 5.56. The number of ketones is 1. The van der Waals surface area contributed by atoms with Crippen molar-refractivity contribution in [3.05, 3.63) is 40.4 Å². The zero-order valence-electron chi connectivity index (χ0n) is 10.4. The number of hydrogen-bond donors (Lipinski definition) is 2. The van der Waals surface area contributed by atoms with E-state index >= 15 is 0 Å². The number of anilines is 2. The van der Waals surface area contributed by atoms with E-state index in [0.29, 0.717) is 22.1 Å². The molecule has 6 heteroatoms. The lowest BCUT2D eigenvalue weighted by Crippen LogP contribution is -1.95. The van der Waals surface area contributed by atoms with Gasteiger partial charge in [-0.2, -0.15) is 0 Å². The van der Waals surface area contributed by atoms with Crippen molar-refractivity contribution in [2.75, 3.05) is 5.32 Å². The first kappa shape index (κ1) is 13.2. The quantitative estimate of drug-likeness (QED) is 0.839. The SMILES string of the molecule is CC(=O)c1cccc(Nc2nc(C)c(C(=O)O)s2)c1. The number of aromatic nitrogens is 1. The highest BCUT2D eigenvalue weighted by Crippen LogP contribution is 2.26. The largest absolute Gasteiger partial charge is 0.477 e. The molecule has 0 aliphatic heterocycles. The van der Waals surface area contributed by atoms with Gasteiger partial charge in [-0.15, -0.1) is 0 Å². The molecule has 0 atom stereocenters. The van der Waals surface area contributed by atoms with Crippen LogP contribution in [0, 0.1) is 6.92 Å². The molecule has 1 heterocycles. The number of rotatable bonds is 4. The Morgan fingerprint density at radius 2 is 2.11 bits per heavy atom. The molecular weight excluding hydrogens is 264 g/mol. The summed E-state index contributed by atoms with van der Waals surface area (Å²) in [5.41, 5.74) is 1.78. The predicted molar refractivity (Wildman–Crippen MR) is 73.5 cm³/mol. The van der Waals surface area contributed by atoms with E-state index in [0.717, 1.165) is 11.3 Å². The second-order valence-electron chi connectivity index (χ2n) is 4.00. The molecule has 0 aliphatic carbocycles. The van der Waals surface area contributed by atoms with Crippen molar-refractivity contribution < 1.29 is 14.7 Å². The van der Waals surface area contributed by atoms with Crippen LogP contribution in [0.3, 0.4) is 0 Å². The molecule has 2 N–H and O–H groups in total. The topological polar surface area (TPSA) is 79.3 Å². The lowest BCUT2D eigenvalue weighted by molar-refractivity contribution is 0.0701. The van der Waals surface area contributed by atoms with E-state index in [1.54, 1.807) is 31.2 Å². The van der Waals surface area contributed by atoms with E-state index in [2.05, 4.69) is 10.3 Å². The van der Waals surface area contributed by atoms with E-state index in [9.17, 15) is 9.59 Å². The smallest absolute Gasteiger partial charge is 0.347 e. The van der Waals surface area contributed by atoms with Crippen molar-refractivity contribution in [3.63, 3.8) is 0 Å². The molecule has 2 aromatic rings. The molecule has 19 heavy (non-hydrogen) atoms. The van der Waals surface area contributed by atoms with Gasteiger partial charge < -0.3 is 10.4 Å². The number of carbonyl (C=O) groups excluding carboxylic acids is 1. The number of nitrogens with one attached hydrogen (secondary N) is 1. The zero-order valence-corrected chi connectivity index (χ0v) is 11.2. The summed E-state index contributed by atoms with van der Waals surface area (Å²) in [5.74, 6) is -1.01. The summed E-state index contributed by atoms with van der Waals surface area (Å²) >= 11 is 1.07. The van der Waals surface area contributed by atoms with Gasteiger partial charge in [0.2, 0.25) is 0 Å². The van der Waals surface area contributed by atoms with Gasteiger partial charge in [0.1, 0.15) is 4.88 Å². The van der Waals surface area contributed by atoms with Crippen LogP contribution in [0.5, 0.6) is 0 Å².